The highest BCUT2D eigenvalue weighted by molar-refractivity contribution is 7.81. The summed E-state index contributed by atoms with van der Waals surface area (Å²) in [7, 11) is 1.58. The Labute approximate surface area is 82.5 Å². The lowest BCUT2D eigenvalue weighted by molar-refractivity contribution is -0.113. The number of benzene rings is 1. The van der Waals surface area contributed by atoms with Crippen molar-refractivity contribution >= 4 is 24.2 Å². The Morgan fingerprint density at radius 2 is 2.38 bits per heavy atom. The molecule has 1 aromatic rings. The molecular formula is C9H11NO2S. The van der Waals surface area contributed by atoms with Crippen LogP contribution in [0.5, 0.6) is 5.75 Å². The number of hydrogen-bond donors (Lipinski definition) is 2. The molecule has 0 aliphatic heterocycles. The molecule has 0 aliphatic rings. The molecule has 0 fully saturated rings. The number of methoxy groups -OCH3 is 1. The minimum absolute atomic E-state index is 0.128. The smallest absolute Gasteiger partial charge is 0.234 e. The summed E-state index contributed by atoms with van der Waals surface area (Å²) in [6.07, 6.45) is 0. The molecule has 0 aliphatic carbocycles. The predicted octanol–water partition coefficient (Wildman–Crippen LogP) is 1.56. The summed E-state index contributed by atoms with van der Waals surface area (Å²) in [4.78, 5) is 11.0. The van der Waals surface area contributed by atoms with Crippen LogP contribution in [0.15, 0.2) is 24.3 Å². The van der Waals surface area contributed by atoms with E-state index in [0.29, 0.717) is 0 Å². The third-order valence-electron chi connectivity index (χ3n) is 1.50. The molecule has 1 amide bonds. The van der Waals surface area contributed by atoms with E-state index in [9.17, 15) is 4.79 Å². The highest BCUT2D eigenvalue weighted by Crippen LogP contribution is 2.16. The van der Waals surface area contributed by atoms with Crippen LogP contribution in [0, 0.1) is 0 Å². The number of amides is 1. The molecule has 0 bridgehead atoms. The van der Waals surface area contributed by atoms with E-state index in [-0.39, 0.29) is 11.7 Å². The van der Waals surface area contributed by atoms with Crippen molar-refractivity contribution in [3.05, 3.63) is 24.3 Å². The Kier molecular flexibility index (Phi) is 3.64. The van der Waals surface area contributed by atoms with Crippen LogP contribution >= 0.6 is 12.6 Å². The van der Waals surface area contributed by atoms with Crippen molar-refractivity contribution in [2.45, 2.75) is 0 Å². The third-order valence-corrected chi connectivity index (χ3v) is 1.78. The molecule has 0 saturated carbocycles. The van der Waals surface area contributed by atoms with Crippen molar-refractivity contribution in [1.82, 2.24) is 0 Å². The van der Waals surface area contributed by atoms with Gasteiger partial charge in [-0.2, -0.15) is 12.6 Å². The molecule has 0 radical (unpaired) electrons. The topological polar surface area (TPSA) is 38.3 Å². The van der Waals surface area contributed by atoms with Crippen molar-refractivity contribution in [1.29, 1.82) is 0 Å². The maximum absolute atomic E-state index is 11.0. The van der Waals surface area contributed by atoms with Crippen LogP contribution in [0.3, 0.4) is 0 Å². The van der Waals surface area contributed by atoms with E-state index in [1.165, 1.54) is 0 Å². The zero-order chi connectivity index (χ0) is 9.68. The Balaban J connectivity index is 2.71. The van der Waals surface area contributed by atoms with Gasteiger partial charge in [0.15, 0.2) is 0 Å². The lowest BCUT2D eigenvalue weighted by Crippen LogP contribution is -2.12. The highest BCUT2D eigenvalue weighted by atomic mass is 32.1. The van der Waals surface area contributed by atoms with Gasteiger partial charge in [0.2, 0.25) is 5.91 Å². The molecule has 0 heterocycles. The SMILES string of the molecule is COc1cccc(NC(=O)CS)c1. The van der Waals surface area contributed by atoms with E-state index in [2.05, 4.69) is 17.9 Å². The van der Waals surface area contributed by atoms with Crippen molar-refractivity contribution < 1.29 is 9.53 Å². The summed E-state index contributed by atoms with van der Waals surface area (Å²) in [5.41, 5.74) is 0.721. The minimum Gasteiger partial charge on any atom is -0.497 e. The van der Waals surface area contributed by atoms with Crippen LogP contribution < -0.4 is 10.1 Å². The van der Waals surface area contributed by atoms with E-state index >= 15 is 0 Å². The van der Waals surface area contributed by atoms with Crippen LogP contribution in [0.2, 0.25) is 0 Å². The molecule has 0 saturated heterocycles. The second-order valence-electron chi connectivity index (χ2n) is 2.44. The first-order valence-corrected chi connectivity index (χ1v) is 4.44. The lowest BCUT2D eigenvalue weighted by Gasteiger charge is -2.04. The number of rotatable bonds is 3. The first-order chi connectivity index (χ1) is 6.26. The first-order valence-electron chi connectivity index (χ1n) is 3.81. The number of thiol groups is 1. The summed E-state index contributed by atoms with van der Waals surface area (Å²) in [6.45, 7) is 0. The molecule has 4 heteroatoms. The largest absolute Gasteiger partial charge is 0.497 e. The van der Waals surface area contributed by atoms with E-state index in [1.54, 1.807) is 19.2 Å². The second-order valence-corrected chi connectivity index (χ2v) is 2.75. The highest BCUT2D eigenvalue weighted by Gasteiger charge is 1.99. The molecule has 0 atom stereocenters. The van der Waals surface area contributed by atoms with Gasteiger partial charge in [0, 0.05) is 11.8 Å². The maximum atomic E-state index is 11.0. The Morgan fingerprint density at radius 3 is 3.00 bits per heavy atom. The zero-order valence-corrected chi connectivity index (χ0v) is 8.17. The summed E-state index contributed by atoms with van der Waals surface area (Å²) < 4.78 is 5.00. The number of hydrogen-bond acceptors (Lipinski definition) is 3. The Morgan fingerprint density at radius 1 is 1.62 bits per heavy atom. The standard InChI is InChI=1S/C9H11NO2S/c1-12-8-4-2-3-7(5-8)10-9(11)6-13/h2-5,13H,6H2,1H3,(H,10,11). The molecular weight excluding hydrogens is 186 g/mol. The predicted molar refractivity (Wildman–Crippen MR) is 55.5 cm³/mol. The molecule has 0 spiro atoms. The molecule has 0 aromatic heterocycles. The van der Waals surface area contributed by atoms with Gasteiger partial charge in [0.25, 0.3) is 0 Å². The Hall–Kier alpha value is -1.16. The average molecular weight is 197 g/mol. The molecule has 3 nitrogen and oxygen atoms in total. The number of carbonyl (C=O) groups excluding carboxylic acids is 1. The molecule has 1 rings (SSSR count). The molecule has 1 aromatic carbocycles. The van der Waals surface area contributed by atoms with Crippen molar-refractivity contribution in [3.63, 3.8) is 0 Å². The number of nitrogens with one attached hydrogen (secondary N) is 1. The zero-order valence-electron chi connectivity index (χ0n) is 7.28. The first kappa shape index (κ1) is 9.92. The fraction of sp³-hybridized carbons (Fsp3) is 0.222. The number of anilines is 1. The van der Waals surface area contributed by atoms with Gasteiger partial charge in [-0.3, -0.25) is 4.79 Å². The molecule has 70 valence electrons. The van der Waals surface area contributed by atoms with E-state index in [1.807, 2.05) is 12.1 Å². The summed E-state index contributed by atoms with van der Waals surface area (Å²) in [5.74, 6) is 0.769. The summed E-state index contributed by atoms with van der Waals surface area (Å²) in [5, 5.41) is 2.67. The van der Waals surface area contributed by atoms with Crippen LogP contribution in [-0.4, -0.2) is 18.8 Å². The van der Waals surface area contributed by atoms with Gasteiger partial charge in [-0.25, -0.2) is 0 Å². The van der Waals surface area contributed by atoms with Gasteiger partial charge in [0.1, 0.15) is 5.75 Å². The van der Waals surface area contributed by atoms with Crippen LogP contribution in [0.1, 0.15) is 0 Å². The molecule has 13 heavy (non-hydrogen) atoms. The van der Waals surface area contributed by atoms with Gasteiger partial charge in [0.05, 0.1) is 12.9 Å². The van der Waals surface area contributed by atoms with Gasteiger partial charge < -0.3 is 10.1 Å². The average Bonchev–Trinajstić information content (AvgIpc) is 2.18. The fourth-order valence-electron chi connectivity index (χ4n) is 0.901. The summed E-state index contributed by atoms with van der Waals surface area (Å²) in [6, 6.07) is 7.18. The minimum atomic E-state index is -0.128. The molecule has 1 N–H and O–H groups in total. The van der Waals surface area contributed by atoms with Crippen LogP contribution in [0.4, 0.5) is 5.69 Å². The number of ether oxygens (including phenoxy) is 1. The monoisotopic (exact) mass is 197 g/mol. The molecule has 0 unspecified atom stereocenters. The van der Waals surface area contributed by atoms with Gasteiger partial charge in [-0.05, 0) is 12.1 Å². The second kappa shape index (κ2) is 4.77. The quantitative estimate of drug-likeness (QED) is 0.722. The fourth-order valence-corrected chi connectivity index (χ4v) is 0.980. The van der Waals surface area contributed by atoms with E-state index in [4.69, 9.17) is 4.74 Å². The number of carbonyl (C=O) groups is 1. The van der Waals surface area contributed by atoms with E-state index < -0.39 is 0 Å². The third kappa shape index (κ3) is 2.99. The van der Waals surface area contributed by atoms with Crippen LogP contribution in [0.25, 0.3) is 0 Å². The summed E-state index contributed by atoms with van der Waals surface area (Å²) >= 11 is 3.85. The van der Waals surface area contributed by atoms with Crippen molar-refractivity contribution in [3.8, 4) is 5.75 Å². The van der Waals surface area contributed by atoms with E-state index in [0.717, 1.165) is 11.4 Å². The normalized spacial score (nSPS) is 9.38. The lowest BCUT2D eigenvalue weighted by atomic mass is 10.3. The van der Waals surface area contributed by atoms with Crippen molar-refractivity contribution in [2.24, 2.45) is 0 Å². The van der Waals surface area contributed by atoms with Crippen LogP contribution in [-0.2, 0) is 4.79 Å². The Bertz CT molecular complexity index is 301. The van der Waals surface area contributed by atoms with Gasteiger partial charge >= 0.3 is 0 Å². The van der Waals surface area contributed by atoms with Crippen molar-refractivity contribution in [2.75, 3.05) is 18.2 Å². The maximum Gasteiger partial charge on any atom is 0.234 e. The van der Waals surface area contributed by atoms with Gasteiger partial charge in [-0.15, -0.1) is 0 Å². The van der Waals surface area contributed by atoms with Gasteiger partial charge in [-0.1, -0.05) is 6.07 Å².